The minimum absolute atomic E-state index is 0.0104. The molecule has 154 valence electrons. The smallest absolute Gasteiger partial charge is 0.329 e. The summed E-state index contributed by atoms with van der Waals surface area (Å²) in [5.74, 6) is -0.775. The standard InChI is InChI=1S/C20H26F3N3O2/c1-14(2)15-10-12-16(13-11-15)24-18(27)9-7-5-3-4-6-8-17-25-19(28-26-17)20(21,22)23/h10-14H,3-9H2,1-2H3,(H,24,27). The number of halogens is 3. The van der Waals surface area contributed by atoms with Crippen LogP contribution in [-0.4, -0.2) is 16.0 Å². The summed E-state index contributed by atoms with van der Waals surface area (Å²) in [6.07, 6.45) is 0.302. The fourth-order valence-corrected chi connectivity index (χ4v) is 2.74. The van der Waals surface area contributed by atoms with Crippen LogP contribution in [-0.2, 0) is 17.4 Å². The molecule has 2 aromatic rings. The Bertz CT molecular complexity index is 740. The molecule has 0 spiro atoms. The molecule has 0 atom stereocenters. The molecule has 0 saturated carbocycles. The summed E-state index contributed by atoms with van der Waals surface area (Å²) in [4.78, 5) is 15.3. The van der Waals surface area contributed by atoms with E-state index in [0.717, 1.165) is 31.4 Å². The summed E-state index contributed by atoms with van der Waals surface area (Å²) >= 11 is 0. The van der Waals surface area contributed by atoms with E-state index in [1.54, 1.807) is 0 Å². The van der Waals surface area contributed by atoms with Gasteiger partial charge in [0.05, 0.1) is 0 Å². The molecular weight excluding hydrogens is 371 g/mol. The Morgan fingerprint density at radius 2 is 1.71 bits per heavy atom. The molecule has 0 saturated heterocycles. The predicted octanol–water partition coefficient (Wildman–Crippen LogP) is 5.73. The van der Waals surface area contributed by atoms with Crippen LogP contribution in [0.25, 0.3) is 0 Å². The number of nitrogens with one attached hydrogen (secondary N) is 1. The minimum Gasteiger partial charge on any atom is -0.329 e. The maximum atomic E-state index is 12.4. The fraction of sp³-hybridized carbons (Fsp3) is 0.550. The molecule has 1 N–H and O–H groups in total. The van der Waals surface area contributed by atoms with Crippen molar-refractivity contribution in [2.75, 3.05) is 5.32 Å². The van der Waals surface area contributed by atoms with E-state index >= 15 is 0 Å². The van der Waals surface area contributed by atoms with Gasteiger partial charge in [0, 0.05) is 18.5 Å². The lowest BCUT2D eigenvalue weighted by Crippen LogP contribution is -2.11. The number of aromatic nitrogens is 2. The van der Waals surface area contributed by atoms with Crippen molar-refractivity contribution >= 4 is 11.6 Å². The molecule has 0 aliphatic carbocycles. The molecule has 28 heavy (non-hydrogen) atoms. The maximum Gasteiger partial charge on any atom is 0.471 e. The first kappa shape index (κ1) is 21.9. The fourth-order valence-electron chi connectivity index (χ4n) is 2.74. The van der Waals surface area contributed by atoms with Crippen LogP contribution >= 0.6 is 0 Å². The normalized spacial score (nSPS) is 11.8. The first-order chi connectivity index (χ1) is 13.3. The van der Waals surface area contributed by atoms with Gasteiger partial charge in [0.15, 0.2) is 5.82 Å². The topological polar surface area (TPSA) is 68.0 Å². The van der Waals surface area contributed by atoms with E-state index in [0.29, 0.717) is 25.2 Å². The highest BCUT2D eigenvalue weighted by atomic mass is 19.4. The average Bonchev–Trinajstić information content (AvgIpc) is 3.10. The zero-order chi connectivity index (χ0) is 20.6. The van der Waals surface area contributed by atoms with Gasteiger partial charge in [-0.15, -0.1) is 0 Å². The monoisotopic (exact) mass is 397 g/mol. The third kappa shape index (κ3) is 7.32. The van der Waals surface area contributed by atoms with Gasteiger partial charge in [0.1, 0.15) is 0 Å². The third-order valence-electron chi connectivity index (χ3n) is 4.38. The summed E-state index contributed by atoms with van der Waals surface area (Å²) in [7, 11) is 0. The van der Waals surface area contributed by atoms with Crippen molar-refractivity contribution in [3.8, 4) is 0 Å². The van der Waals surface area contributed by atoms with Gasteiger partial charge in [-0.05, 0) is 36.5 Å². The van der Waals surface area contributed by atoms with Crippen molar-refractivity contribution in [2.45, 2.75) is 70.9 Å². The molecule has 1 aromatic heterocycles. The zero-order valence-corrected chi connectivity index (χ0v) is 16.2. The molecule has 1 amide bonds. The highest BCUT2D eigenvalue weighted by molar-refractivity contribution is 5.90. The van der Waals surface area contributed by atoms with Crippen molar-refractivity contribution in [1.82, 2.24) is 10.1 Å². The second-order valence-corrected chi connectivity index (χ2v) is 7.11. The number of unbranched alkanes of at least 4 members (excludes halogenated alkanes) is 4. The van der Waals surface area contributed by atoms with E-state index in [1.165, 1.54) is 5.56 Å². The molecule has 2 rings (SSSR count). The number of benzene rings is 1. The van der Waals surface area contributed by atoms with Gasteiger partial charge in [0.2, 0.25) is 5.91 Å². The number of nitrogens with zero attached hydrogens (tertiary/aromatic N) is 2. The number of carbonyl (C=O) groups excluding carboxylic acids is 1. The molecule has 0 aliphatic heterocycles. The van der Waals surface area contributed by atoms with Gasteiger partial charge in [-0.25, -0.2) is 0 Å². The van der Waals surface area contributed by atoms with Gasteiger partial charge < -0.3 is 9.84 Å². The predicted molar refractivity (Wildman–Crippen MR) is 99.9 cm³/mol. The van der Waals surface area contributed by atoms with Crippen molar-refractivity contribution < 1.29 is 22.5 Å². The van der Waals surface area contributed by atoms with Crippen molar-refractivity contribution in [2.24, 2.45) is 0 Å². The van der Waals surface area contributed by atoms with Gasteiger partial charge in [-0.3, -0.25) is 4.79 Å². The number of anilines is 1. The Kier molecular flexibility index (Phi) is 8.02. The number of alkyl halides is 3. The van der Waals surface area contributed by atoms with E-state index in [4.69, 9.17) is 0 Å². The second-order valence-electron chi connectivity index (χ2n) is 7.11. The summed E-state index contributed by atoms with van der Waals surface area (Å²) in [6, 6.07) is 7.86. The van der Waals surface area contributed by atoms with Crippen molar-refractivity contribution in [1.29, 1.82) is 0 Å². The summed E-state index contributed by atoms with van der Waals surface area (Å²) in [5.41, 5.74) is 2.03. The summed E-state index contributed by atoms with van der Waals surface area (Å²) in [6.45, 7) is 4.24. The van der Waals surface area contributed by atoms with E-state index in [1.807, 2.05) is 24.3 Å². The number of carbonyl (C=O) groups is 1. The number of amides is 1. The first-order valence-corrected chi connectivity index (χ1v) is 9.55. The number of hydrogen-bond acceptors (Lipinski definition) is 4. The maximum absolute atomic E-state index is 12.4. The highest BCUT2D eigenvalue weighted by Crippen LogP contribution is 2.27. The van der Waals surface area contributed by atoms with Crippen LogP contribution in [0.4, 0.5) is 18.9 Å². The highest BCUT2D eigenvalue weighted by Gasteiger charge is 2.38. The van der Waals surface area contributed by atoms with E-state index in [9.17, 15) is 18.0 Å². The molecular formula is C20H26F3N3O2. The van der Waals surface area contributed by atoms with Gasteiger partial charge in [-0.2, -0.15) is 18.2 Å². The Hall–Kier alpha value is -2.38. The lowest BCUT2D eigenvalue weighted by Gasteiger charge is -2.08. The van der Waals surface area contributed by atoms with Crippen LogP contribution in [0.15, 0.2) is 28.8 Å². The summed E-state index contributed by atoms with van der Waals surface area (Å²) in [5, 5.41) is 6.22. The Morgan fingerprint density at radius 3 is 2.32 bits per heavy atom. The molecule has 8 heteroatoms. The largest absolute Gasteiger partial charge is 0.471 e. The minimum atomic E-state index is -4.59. The summed E-state index contributed by atoms with van der Waals surface area (Å²) < 4.78 is 41.2. The van der Waals surface area contributed by atoms with E-state index in [-0.39, 0.29) is 11.7 Å². The van der Waals surface area contributed by atoms with Crippen LogP contribution in [0.5, 0.6) is 0 Å². The van der Waals surface area contributed by atoms with Gasteiger partial charge in [0.25, 0.3) is 0 Å². The number of hydrogen-bond donors (Lipinski definition) is 1. The Balaban J connectivity index is 1.55. The lowest BCUT2D eigenvalue weighted by atomic mass is 10.0. The molecule has 0 bridgehead atoms. The molecule has 0 unspecified atom stereocenters. The Labute approximate surface area is 162 Å². The third-order valence-corrected chi connectivity index (χ3v) is 4.38. The first-order valence-electron chi connectivity index (χ1n) is 9.55. The quantitative estimate of drug-likeness (QED) is 0.520. The molecule has 0 fully saturated rings. The molecule has 0 radical (unpaired) electrons. The van der Waals surface area contributed by atoms with Crippen LogP contribution in [0.2, 0.25) is 0 Å². The Morgan fingerprint density at radius 1 is 1.07 bits per heavy atom. The van der Waals surface area contributed by atoms with Gasteiger partial charge in [-0.1, -0.05) is 50.4 Å². The second kappa shape index (κ2) is 10.2. The molecule has 1 heterocycles. The van der Waals surface area contributed by atoms with Crippen LogP contribution in [0.3, 0.4) is 0 Å². The number of rotatable bonds is 10. The van der Waals surface area contributed by atoms with Crippen molar-refractivity contribution in [3.05, 3.63) is 41.5 Å². The SMILES string of the molecule is CC(C)c1ccc(NC(=O)CCCCCCCc2noc(C(F)(F)F)n2)cc1. The van der Waals surface area contributed by atoms with Crippen LogP contribution in [0.1, 0.15) is 75.6 Å². The molecule has 0 aliphatic rings. The van der Waals surface area contributed by atoms with Crippen LogP contribution in [0, 0.1) is 0 Å². The lowest BCUT2D eigenvalue weighted by molar-refractivity contribution is -0.159. The molecule has 5 nitrogen and oxygen atoms in total. The van der Waals surface area contributed by atoms with Crippen molar-refractivity contribution in [3.63, 3.8) is 0 Å². The molecule has 1 aromatic carbocycles. The van der Waals surface area contributed by atoms with E-state index in [2.05, 4.69) is 33.8 Å². The van der Waals surface area contributed by atoms with Crippen LogP contribution < -0.4 is 5.32 Å². The average molecular weight is 397 g/mol. The zero-order valence-electron chi connectivity index (χ0n) is 16.2. The van der Waals surface area contributed by atoms with Gasteiger partial charge >= 0.3 is 12.1 Å². The number of aryl methyl sites for hydroxylation is 1. The van der Waals surface area contributed by atoms with E-state index < -0.39 is 12.1 Å².